The summed E-state index contributed by atoms with van der Waals surface area (Å²) in [4.78, 5) is 11.7. The van der Waals surface area contributed by atoms with E-state index in [9.17, 15) is 13.6 Å². The zero-order chi connectivity index (χ0) is 24.9. The van der Waals surface area contributed by atoms with E-state index >= 15 is 0 Å². The smallest absolute Gasteiger partial charge is 0.388 e. The average molecular weight is 497 g/mol. The van der Waals surface area contributed by atoms with E-state index in [0.29, 0.717) is 24.2 Å². The lowest BCUT2D eigenvalue weighted by Gasteiger charge is -2.58. The minimum absolute atomic E-state index is 0.123. The second-order valence-electron chi connectivity index (χ2n) is 13.1. The molecular formula is C29H46F2O2S. The Kier molecular flexibility index (Phi) is 7.56. The molecule has 0 N–H and O–H groups in total. The second kappa shape index (κ2) is 9.71. The van der Waals surface area contributed by atoms with Crippen LogP contribution in [0.15, 0.2) is 11.6 Å². The maximum Gasteiger partial charge on any atom is 0.388 e. The molecule has 0 aromatic rings. The highest BCUT2D eigenvalue weighted by atomic mass is 32.1. The lowest BCUT2D eigenvalue weighted by atomic mass is 9.47. The van der Waals surface area contributed by atoms with E-state index in [1.165, 1.54) is 50.5 Å². The van der Waals surface area contributed by atoms with Gasteiger partial charge in [0, 0.05) is 6.42 Å². The standard InChI is InChI=1S/C29H46F2O2S/c1-18(2)7-6-8-19(3)23-11-12-24-22-10-9-20-17-21(33-26(32)29(30,31)34)13-15-27(20,4)25(22)14-16-28(23,24)5/h9,18-19,21-25,34H,6-8,10-17H2,1-5H3/t19-,21?,22+,23-,24+,25+,27+,28-/m1/s1. The fourth-order valence-corrected chi connectivity index (χ4v) is 9.03. The predicted molar refractivity (Wildman–Crippen MR) is 137 cm³/mol. The monoisotopic (exact) mass is 496 g/mol. The summed E-state index contributed by atoms with van der Waals surface area (Å²) in [6.45, 7) is 12.2. The molecule has 0 spiro atoms. The number of rotatable bonds is 7. The topological polar surface area (TPSA) is 26.3 Å². The van der Waals surface area contributed by atoms with Crippen LogP contribution in [0.25, 0.3) is 0 Å². The number of fused-ring (bicyclic) bond motifs is 5. The maximum absolute atomic E-state index is 13.2. The maximum atomic E-state index is 13.2. The summed E-state index contributed by atoms with van der Waals surface area (Å²) in [5, 5.41) is -3.72. The van der Waals surface area contributed by atoms with Gasteiger partial charge in [0.15, 0.2) is 0 Å². The Balaban J connectivity index is 1.44. The van der Waals surface area contributed by atoms with Crippen molar-refractivity contribution in [2.45, 2.75) is 117 Å². The SMILES string of the molecule is CC(C)CCC[C@@H](C)[C@H]1CC[C@H]2[C@@H]3CC=C4CC(OC(=O)C(F)(F)S)CC[C@]4(C)[C@H]3CC[C@]12C. The highest BCUT2D eigenvalue weighted by Gasteiger charge is 2.59. The fourth-order valence-electron chi connectivity index (χ4n) is 8.97. The number of thiol groups is 1. The van der Waals surface area contributed by atoms with Gasteiger partial charge in [-0.25, -0.2) is 4.79 Å². The molecule has 0 aromatic heterocycles. The molecule has 0 saturated heterocycles. The molecule has 4 aliphatic rings. The van der Waals surface area contributed by atoms with Gasteiger partial charge in [0.25, 0.3) is 0 Å². The molecule has 0 aromatic carbocycles. The molecule has 1 unspecified atom stereocenters. The molecule has 4 rings (SSSR count). The molecule has 3 saturated carbocycles. The van der Waals surface area contributed by atoms with Gasteiger partial charge in [-0.2, -0.15) is 8.78 Å². The first-order chi connectivity index (χ1) is 15.9. The first-order valence-electron chi connectivity index (χ1n) is 13.9. The van der Waals surface area contributed by atoms with Crippen molar-refractivity contribution >= 4 is 18.6 Å². The third-order valence-corrected chi connectivity index (χ3v) is 11.0. The molecule has 5 heteroatoms. The van der Waals surface area contributed by atoms with E-state index in [-0.39, 0.29) is 5.41 Å². The number of ether oxygens (including phenoxy) is 1. The van der Waals surface area contributed by atoms with Gasteiger partial charge in [0.1, 0.15) is 6.10 Å². The quantitative estimate of drug-likeness (QED) is 0.217. The van der Waals surface area contributed by atoms with Crippen molar-refractivity contribution in [3.63, 3.8) is 0 Å². The molecular weight excluding hydrogens is 450 g/mol. The Bertz CT molecular complexity index is 789. The molecule has 8 atom stereocenters. The van der Waals surface area contributed by atoms with Crippen molar-refractivity contribution < 1.29 is 18.3 Å². The van der Waals surface area contributed by atoms with Crippen LogP contribution in [0.3, 0.4) is 0 Å². The number of alkyl halides is 2. The van der Waals surface area contributed by atoms with Crippen molar-refractivity contribution in [2.24, 2.45) is 46.3 Å². The van der Waals surface area contributed by atoms with Crippen LogP contribution in [0, 0.1) is 46.3 Å². The first kappa shape index (κ1) is 26.5. The van der Waals surface area contributed by atoms with E-state index in [2.05, 4.69) is 53.3 Å². The summed E-state index contributed by atoms with van der Waals surface area (Å²) < 4.78 is 31.6. The van der Waals surface area contributed by atoms with E-state index < -0.39 is 17.3 Å². The molecule has 34 heavy (non-hydrogen) atoms. The van der Waals surface area contributed by atoms with Gasteiger partial charge in [-0.1, -0.05) is 78.2 Å². The summed E-state index contributed by atoms with van der Waals surface area (Å²) >= 11 is 3.09. The Hall–Kier alpha value is -0.580. The van der Waals surface area contributed by atoms with Crippen LogP contribution in [-0.2, 0) is 9.53 Å². The van der Waals surface area contributed by atoms with Crippen molar-refractivity contribution in [2.75, 3.05) is 0 Å². The summed E-state index contributed by atoms with van der Waals surface area (Å²) in [5.74, 6) is 3.16. The van der Waals surface area contributed by atoms with Gasteiger partial charge < -0.3 is 4.74 Å². The van der Waals surface area contributed by atoms with Gasteiger partial charge >= 0.3 is 11.2 Å². The van der Waals surface area contributed by atoms with Crippen molar-refractivity contribution in [3.8, 4) is 0 Å². The summed E-state index contributed by atoms with van der Waals surface area (Å²) in [7, 11) is 0. The molecule has 0 heterocycles. The minimum atomic E-state index is -3.72. The zero-order valence-corrected chi connectivity index (χ0v) is 22.8. The van der Waals surface area contributed by atoms with Gasteiger partial charge in [0.2, 0.25) is 0 Å². The Labute approximate surface area is 211 Å². The first-order valence-corrected chi connectivity index (χ1v) is 14.3. The highest BCUT2D eigenvalue weighted by molar-refractivity contribution is 7.82. The van der Waals surface area contributed by atoms with Crippen LogP contribution in [0.4, 0.5) is 8.78 Å². The van der Waals surface area contributed by atoms with Gasteiger partial charge in [-0.05, 0) is 91.3 Å². The van der Waals surface area contributed by atoms with Crippen LogP contribution in [0.2, 0.25) is 0 Å². The zero-order valence-electron chi connectivity index (χ0n) is 21.9. The van der Waals surface area contributed by atoms with Gasteiger partial charge in [-0.3, -0.25) is 0 Å². The van der Waals surface area contributed by atoms with E-state index in [0.717, 1.165) is 42.4 Å². The minimum Gasteiger partial charge on any atom is -0.457 e. The second-order valence-corrected chi connectivity index (χ2v) is 13.7. The van der Waals surface area contributed by atoms with Crippen molar-refractivity contribution in [3.05, 3.63) is 11.6 Å². The molecule has 0 aliphatic heterocycles. The van der Waals surface area contributed by atoms with Crippen LogP contribution >= 0.6 is 12.6 Å². The average Bonchev–Trinajstić information content (AvgIpc) is 3.10. The summed E-state index contributed by atoms with van der Waals surface area (Å²) in [5.41, 5.74) is 1.93. The van der Waals surface area contributed by atoms with Crippen LogP contribution < -0.4 is 0 Å². The molecule has 0 radical (unpaired) electrons. The number of esters is 1. The van der Waals surface area contributed by atoms with Crippen LogP contribution in [0.5, 0.6) is 0 Å². The fraction of sp³-hybridized carbons (Fsp3) is 0.897. The Morgan fingerprint density at radius 1 is 1.12 bits per heavy atom. The van der Waals surface area contributed by atoms with Crippen LogP contribution in [-0.4, -0.2) is 17.3 Å². The van der Waals surface area contributed by atoms with E-state index in [4.69, 9.17) is 4.74 Å². The predicted octanol–water partition coefficient (Wildman–Crippen LogP) is 8.46. The highest BCUT2D eigenvalue weighted by Crippen LogP contribution is 2.67. The molecule has 2 nitrogen and oxygen atoms in total. The molecule has 3 fully saturated rings. The summed E-state index contributed by atoms with van der Waals surface area (Å²) in [6, 6.07) is 0. The number of hydrogen-bond donors (Lipinski definition) is 1. The van der Waals surface area contributed by atoms with Crippen molar-refractivity contribution in [1.29, 1.82) is 0 Å². The molecule has 4 aliphatic carbocycles. The Morgan fingerprint density at radius 2 is 1.85 bits per heavy atom. The van der Waals surface area contributed by atoms with E-state index in [1.807, 2.05) is 0 Å². The summed E-state index contributed by atoms with van der Waals surface area (Å²) in [6.07, 6.45) is 14.7. The molecule has 0 amide bonds. The third-order valence-electron chi connectivity index (χ3n) is 10.8. The Morgan fingerprint density at radius 3 is 2.53 bits per heavy atom. The van der Waals surface area contributed by atoms with Crippen LogP contribution in [0.1, 0.15) is 105 Å². The molecule has 0 bridgehead atoms. The largest absolute Gasteiger partial charge is 0.457 e. The number of halogens is 2. The lowest BCUT2D eigenvalue weighted by molar-refractivity contribution is -0.167. The van der Waals surface area contributed by atoms with Crippen molar-refractivity contribution in [1.82, 2.24) is 0 Å². The third kappa shape index (κ3) is 4.85. The normalized spacial score (nSPS) is 40.7. The number of carbonyl (C=O) groups excluding carboxylic acids is 1. The lowest BCUT2D eigenvalue weighted by Crippen LogP contribution is -2.51. The van der Waals surface area contributed by atoms with E-state index in [1.54, 1.807) is 0 Å². The number of hydrogen-bond acceptors (Lipinski definition) is 3. The van der Waals surface area contributed by atoms with Gasteiger partial charge in [0.05, 0.1) is 0 Å². The van der Waals surface area contributed by atoms with Gasteiger partial charge in [-0.15, -0.1) is 0 Å². The number of carbonyl (C=O) groups is 1. The molecule has 194 valence electrons. The number of allylic oxidation sites excluding steroid dienone is 1.